The van der Waals surface area contributed by atoms with E-state index >= 15 is 0 Å². The number of hydrogen-bond donors (Lipinski definition) is 0. The maximum atomic E-state index is 12.8. The van der Waals surface area contributed by atoms with E-state index in [-0.39, 0.29) is 17.7 Å². The Morgan fingerprint density at radius 3 is 2.69 bits per heavy atom. The Hall–Kier alpha value is -0.900. The van der Waals surface area contributed by atoms with Crippen molar-refractivity contribution < 1.29 is 13.9 Å². The maximum absolute atomic E-state index is 12.8. The van der Waals surface area contributed by atoms with Crippen molar-refractivity contribution in [2.75, 3.05) is 0 Å². The van der Waals surface area contributed by atoms with Crippen molar-refractivity contribution in [1.29, 1.82) is 0 Å². The van der Waals surface area contributed by atoms with E-state index in [0.717, 1.165) is 25.7 Å². The SMILES string of the molecule is O=C(Oc1ccc(F)cc1Br)C1CCCC1. The van der Waals surface area contributed by atoms with Gasteiger partial charge in [0.15, 0.2) is 0 Å². The largest absolute Gasteiger partial charge is 0.425 e. The Labute approximate surface area is 102 Å². The van der Waals surface area contributed by atoms with Crippen LogP contribution in [0, 0.1) is 11.7 Å². The molecule has 0 aliphatic heterocycles. The molecule has 0 atom stereocenters. The van der Waals surface area contributed by atoms with Gasteiger partial charge in [0.1, 0.15) is 11.6 Å². The molecule has 1 aromatic rings. The average molecular weight is 287 g/mol. The standard InChI is InChI=1S/C12H12BrFO2/c13-10-7-9(14)5-6-11(10)16-12(15)8-3-1-2-4-8/h5-8H,1-4H2. The third-order valence-electron chi connectivity index (χ3n) is 2.79. The van der Waals surface area contributed by atoms with Crippen molar-refractivity contribution in [3.8, 4) is 5.75 Å². The van der Waals surface area contributed by atoms with Crippen LogP contribution in [0.1, 0.15) is 25.7 Å². The molecule has 0 aromatic heterocycles. The minimum atomic E-state index is -0.354. The van der Waals surface area contributed by atoms with Gasteiger partial charge in [-0.3, -0.25) is 4.79 Å². The normalized spacial score (nSPS) is 16.4. The molecule has 2 nitrogen and oxygen atoms in total. The smallest absolute Gasteiger partial charge is 0.314 e. The van der Waals surface area contributed by atoms with Gasteiger partial charge in [-0.1, -0.05) is 12.8 Å². The van der Waals surface area contributed by atoms with Crippen LogP contribution < -0.4 is 4.74 Å². The Bertz CT molecular complexity index is 400. The minimum Gasteiger partial charge on any atom is -0.425 e. The molecule has 0 N–H and O–H groups in total. The van der Waals surface area contributed by atoms with Crippen LogP contribution in [0.25, 0.3) is 0 Å². The van der Waals surface area contributed by atoms with Gasteiger partial charge < -0.3 is 4.74 Å². The lowest BCUT2D eigenvalue weighted by Gasteiger charge is -2.10. The van der Waals surface area contributed by atoms with Gasteiger partial charge in [0.05, 0.1) is 10.4 Å². The van der Waals surface area contributed by atoms with Crippen LogP contribution in [0.5, 0.6) is 5.75 Å². The van der Waals surface area contributed by atoms with Crippen molar-refractivity contribution in [3.63, 3.8) is 0 Å². The van der Waals surface area contributed by atoms with Crippen LogP contribution in [-0.2, 0) is 4.79 Å². The van der Waals surface area contributed by atoms with E-state index in [1.165, 1.54) is 18.2 Å². The maximum Gasteiger partial charge on any atom is 0.314 e. The van der Waals surface area contributed by atoms with Crippen LogP contribution in [0.15, 0.2) is 22.7 Å². The van der Waals surface area contributed by atoms with Crippen LogP contribution in [0.2, 0.25) is 0 Å². The molecule has 1 saturated carbocycles. The molecule has 0 spiro atoms. The van der Waals surface area contributed by atoms with Gasteiger partial charge in [0.25, 0.3) is 0 Å². The zero-order valence-electron chi connectivity index (χ0n) is 8.71. The molecule has 1 fully saturated rings. The summed E-state index contributed by atoms with van der Waals surface area (Å²) in [4.78, 5) is 11.7. The van der Waals surface area contributed by atoms with Crippen LogP contribution in [0.3, 0.4) is 0 Å². The Morgan fingerprint density at radius 1 is 1.38 bits per heavy atom. The first-order chi connectivity index (χ1) is 7.66. The quantitative estimate of drug-likeness (QED) is 0.612. The predicted octanol–water partition coefficient (Wildman–Crippen LogP) is 3.68. The lowest BCUT2D eigenvalue weighted by molar-refractivity contribution is -0.138. The number of hydrogen-bond acceptors (Lipinski definition) is 2. The Morgan fingerprint density at radius 2 is 2.06 bits per heavy atom. The molecular formula is C12H12BrFO2. The molecule has 0 heterocycles. The summed E-state index contributed by atoms with van der Waals surface area (Å²) in [5.41, 5.74) is 0. The second kappa shape index (κ2) is 4.95. The zero-order chi connectivity index (χ0) is 11.5. The number of rotatable bonds is 2. The number of carbonyl (C=O) groups is 1. The first-order valence-electron chi connectivity index (χ1n) is 5.33. The van der Waals surface area contributed by atoms with E-state index < -0.39 is 0 Å². The van der Waals surface area contributed by atoms with Crippen molar-refractivity contribution in [2.24, 2.45) is 5.92 Å². The third-order valence-corrected chi connectivity index (χ3v) is 3.41. The fourth-order valence-corrected chi connectivity index (χ4v) is 2.34. The molecule has 16 heavy (non-hydrogen) atoms. The first-order valence-corrected chi connectivity index (χ1v) is 6.13. The Balaban J connectivity index is 2.05. The van der Waals surface area contributed by atoms with Gasteiger partial charge >= 0.3 is 5.97 Å². The van der Waals surface area contributed by atoms with E-state index in [0.29, 0.717) is 10.2 Å². The predicted molar refractivity (Wildman–Crippen MR) is 61.7 cm³/mol. The summed E-state index contributed by atoms with van der Waals surface area (Å²) in [6.45, 7) is 0. The average Bonchev–Trinajstić information content (AvgIpc) is 2.75. The molecule has 0 unspecified atom stereocenters. The van der Waals surface area contributed by atoms with Gasteiger partial charge in [-0.05, 0) is 47.0 Å². The summed E-state index contributed by atoms with van der Waals surface area (Å²) in [5.74, 6) is -0.160. The van der Waals surface area contributed by atoms with Crippen molar-refractivity contribution in [2.45, 2.75) is 25.7 Å². The molecule has 1 aliphatic carbocycles. The van der Waals surface area contributed by atoms with Gasteiger partial charge in [-0.25, -0.2) is 4.39 Å². The van der Waals surface area contributed by atoms with Crippen LogP contribution in [-0.4, -0.2) is 5.97 Å². The first kappa shape index (κ1) is 11.6. The molecule has 4 heteroatoms. The van der Waals surface area contributed by atoms with E-state index in [4.69, 9.17) is 4.74 Å². The van der Waals surface area contributed by atoms with Gasteiger partial charge in [-0.2, -0.15) is 0 Å². The molecule has 1 aromatic carbocycles. The molecule has 0 bridgehead atoms. The highest BCUT2D eigenvalue weighted by atomic mass is 79.9. The summed E-state index contributed by atoms with van der Waals surface area (Å²) in [6, 6.07) is 4.03. The van der Waals surface area contributed by atoms with Crippen LogP contribution in [0.4, 0.5) is 4.39 Å². The zero-order valence-corrected chi connectivity index (χ0v) is 10.3. The summed E-state index contributed by atoms with van der Waals surface area (Å²) in [5, 5.41) is 0. The van der Waals surface area contributed by atoms with E-state index in [1.54, 1.807) is 0 Å². The van der Waals surface area contributed by atoms with Crippen LogP contribution >= 0.6 is 15.9 Å². The van der Waals surface area contributed by atoms with Crippen molar-refractivity contribution in [1.82, 2.24) is 0 Å². The lowest BCUT2D eigenvalue weighted by atomic mass is 10.1. The number of esters is 1. The minimum absolute atomic E-state index is 0.0111. The fourth-order valence-electron chi connectivity index (χ4n) is 1.91. The molecular weight excluding hydrogens is 275 g/mol. The fraction of sp³-hybridized carbons (Fsp3) is 0.417. The molecule has 2 rings (SSSR count). The number of carbonyl (C=O) groups excluding carboxylic acids is 1. The molecule has 0 saturated heterocycles. The number of benzene rings is 1. The second-order valence-electron chi connectivity index (χ2n) is 3.98. The summed E-state index contributed by atoms with van der Waals surface area (Å²) >= 11 is 3.17. The molecule has 0 radical (unpaired) electrons. The van der Waals surface area contributed by atoms with Gasteiger partial charge in [0.2, 0.25) is 0 Å². The number of halogens is 2. The van der Waals surface area contributed by atoms with Gasteiger partial charge in [0, 0.05) is 0 Å². The summed E-state index contributed by atoms with van der Waals surface area (Å²) in [6.07, 6.45) is 3.98. The highest BCUT2D eigenvalue weighted by molar-refractivity contribution is 9.10. The van der Waals surface area contributed by atoms with Gasteiger partial charge in [-0.15, -0.1) is 0 Å². The Kier molecular flexibility index (Phi) is 3.59. The highest BCUT2D eigenvalue weighted by Crippen LogP contribution is 2.30. The number of ether oxygens (including phenoxy) is 1. The van der Waals surface area contributed by atoms with Crippen molar-refractivity contribution >= 4 is 21.9 Å². The third kappa shape index (κ3) is 2.61. The highest BCUT2D eigenvalue weighted by Gasteiger charge is 2.25. The second-order valence-corrected chi connectivity index (χ2v) is 4.83. The van der Waals surface area contributed by atoms with E-state index in [9.17, 15) is 9.18 Å². The molecule has 0 amide bonds. The van der Waals surface area contributed by atoms with Crippen molar-refractivity contribution in [3.05, 3.63) is 28.5 Å². The topological polar surface area (TPSA) is 26.3 Å². The van der Waals surface area contributed by atoms with E-state index in [1.807, 2.05) is 0 Å². The molecule has 86 valence electrons. The lowest BCUT2D eigenvalue weighted by Crippen LogP contribution is -2.17. The van der Waals surface area contributed by atoms with E-state index in [2.05, 4.69) is 15.9 Å². The summed E-state index contributed by atoms with van der Waals surface area (Å²) < 4.78 is 18.5. The monoisotopic (exact) mass is 286 g/mol. The summed E-state index contributed by atoms with van der Waals surface area (Å²) in [7, 11) is 0. The molecule has 1 aliphatic rings.